The third kappa shape index (κ3) is 5.63. The van der Waals surface area contributed by atoms with Crippen LogP contribution in [0.15, 0.2) is 60.7 Å². The van der Waals surface area contributed by atoms with Gasteiger partial charge in [-0.2, -0.15) is 0 Å². The zero-order valence-electron chi connectivity index (χ0n) is 19.4. The predicted octanol–water partition coefficient (Wildman–Crippen LogP) is 0.929. The first-order valence-electron chi connectivity index (χ1n) is 10.6. The number of esters is 1. The Bertz CT molecular complexity index is 845. The number of amides is 1. The van der Waals surface area contributed by atoms with E-state index in [0.717, 1.165) is 10.4 Å². The van der Waals surface area contributed by atoms with Gasteiger partial charge in [0.2, 0.25) is 5.91 Å². The van der Waals surface area contributed by atoms with Gasteiger partial charge in [0, 0.05) is 0 Å². The lowest BCUT2D eigenvalue weighted by Gasteiger charge is -2.43. The van der Waals surface area contributed by atoms with Gasteiger partial charge in [-0.15, -0.1) is 0 Å². The van der Waals surface area contributed by atoms with E-state index in [-0.39, 0.29) is 11.6 Å². The van der Waals surface area contributed by atoms with Gasteiger partial charge in [-0.05, 0) is 22.3 Å². The summed E-state index contributed by atoms with van der Waals surface area (Å²) in [6, 6.07) is 17.7. The highest BCUT2D eigenvalue weighted by molar-refractivity contribution is 6.99. The molecule has 0 saturated carbocycles. The highest BCUT2D eigenvalue weighted by atomic mass is 28.4. The molecule has 3 atom stereocenters. The first-order valence-corrected chi connectivity index (χ1v) is 12.5. The van der Waals surface area contributed by atoms with Crippen LogP contribution >= 0.6 is 0 Å². The van der Waals surface area contributed by atoms with E-state index in [4.69, 9.17) is 14.9 Å². The van der Waals surface area contributed by atoms with Gasteiger partial charge in [0.05, 0.1) is 19.8 Å². The van der Waals surface area contributed by atoms with Gasteiger partial charge in [0.15, 0.2) is 0 Å². The predicted molar refractivity (Wildman–Crippen MR) is 127 cm³/mol. The van der Waals surface area contributed by atoms with E-state index in [1.807, 2.05) is 60.7 Å². The highest BCUT2D eigenvalue weighted by Crippen LogP contribution is 2.36. The second-order valence-corrected chi connectivity index (χ2v) is 13.1. The fraction of sp³-hybridized carbons (Fsp3) is 0.417. The Morgan fingerprint density at radius 1 is 1.03 bits per heavy atom. The number of methoxy groups -OCH3 is 1. The number of aliphatic hydroxyl groups is 1. The molecular weight excluding hydrogens is 424 g/mol. The van der Waals surface area contributed by atoms with E-state index in [1.54, 1.807) is 0 Å². The zero-order valence-corrected chi connectivity index (χ0v) is 20.4. The van der Waals surface area contributed by atoms with Crippen LogP contribution in [-0.4, -0.2) is 57.2 Å². The summed E-state index contributed by atoms with van der Waals surface area (Å²) < 4.78 is 11.6. The summed E-state index contributed by atoms with van der Waals surface area (Å²) in [5.74, 6) is -1.30. The van der Waals surface area contributed by atoms with Crippen LogP contribution in [-0.2, 0) is 18.8 Å². The van der Waals surface area contributed by atoms with Crippen molar-refractivity contribution < 1.29 is 23.9 Å². The van der Waals surface area contributed by atoms with E-state index in [9.17, 15) is 14.7 Å². The smallest absolute Gasteiger partial charge is 0.330 e. The van der Waals surface area contributed by atoms with Crippen molar-refractivity contribution in [2.45, 2.75) is 50.9 Å². The van der Waals surface area contributed by atoms with E-state index >= 15 is 0 Å². The fourth-order valence-corrected chi connectivity index (χ4v) is 8.34. The summed E-state index contributed by atoms with van der Waals surface area (Å²) >= 11 is 0. The first kappa shape index (κ1) is 25.7. The van der Waals surface area contributed by atoms with Crippen LogP contribution in [0.25, 0.3) is 0 Å². The van der Waals surface area contributed by atoms with Crippen molar-refractivity contribution in [2.24, 2.45) is 5.73 Å². The molecule has 2 rings (SSSR count). The maximum Gasteiger partial charge on any atom is 0.330 e. The Morgan fingerprint density at radius 2 is 1.50 bits per heavy atom. The molecule has 0 aliphatic heterocycles. The number of hydrogen-bond acceptors (Lipinski definition) is 6. The summed E-state index contributed by atoms with van der Waals surface area (Å²) in [6.07, 6.45) is -1.06. The van der Waals surface area contributed by atoms with E-state index in [1.165, 1.54) is 14.0 Å². The van der Waals surface area contributed by atoms with E-state index in [2.05, 4.69) is 26.1 Å². The summed E-state index contributed by atoms with van der Waals surface area (Å²) in [5, 5.41) is 14.0. The molecule has 2 aromatic rings. The third-order valence-electron chi connectivity index (χ3n) is 5.51. The fourth-order valence-electron chi connectivity index (χ4n) is 3.77. The third-order valence-corrected chi connectivity index (χ3v) is 10.5. The minimum Gasteiger partial charge on any atom is -0.467 e. The summed E-state index contributed by atoms with van der Waals surface area (Å²) in [4.78, 5) is 24.9. The average Bonchev–Trinajstić information content (AvgIpc) is 2.77. The Hall–Kier alpha value is -2.52. The number of nitrogens with two attached hydrogens (primary N) is 1. The minimum absolute atomic E-state index is 0.0990. The normalized spacial score (nSPS) is 14.8. The average molecular weight is 459 g/mol. The number of ether oxygens (including phenoxy) is 1. The number of carbonyl (C=O) groups is 2. The number of hydrogen-bond donors (Lipinski definition) is 3. The van der Waals surface area contributed by atoms with Crippen LogP contribution < -0.4 is 21.4 Å². The van der Waals surface area contributed by atoms with Gasteiger partial charge in [-0.25, -0.2) is 4.79 Å². The molecule has 0 spiro atoms. The number of carbonyl (C=O) groups excluding carboxylic acids is 2. The van der Waals surface area contributed by atoms with Crippen molar-refractivity contribution in [1.29, 1.82) is 0 Å². The van der Waals surface area contributed by atoms with Crippen LogP contribution in [0.1, 0.15) is 27.7 Å². The zero-order chi connectivity index (χ0) is 23.9. The van der Waals surface area contributed by atoms with Gasteiger partial charge in [-0.3, -0.25) is 4.79 Å². The summed E-state index contributed by atoms with van der Waals surface area (Å²) in [7, 11) is -1.66. The quantitative estimate of drug-likeness (QED) is 0.381. The van der Waals surface area contributed by atoms with Crippen molar-refractivity contribution in [2.75, 3.05) is 13.7 Å². The Morgan fingerprint density at radius 3 is 1.88 bits per heavy atom. The summed E-state index contributed by atoms with van der Waals surface area (Å²) in [6.45, 7) is 7.67. The lowest BCUT2D eigenvalue weighted by molar-refractivity contribution is -0.146. The topological polar surface area (TPSA) is 111 Å². The van der Waals surface area contributed by atoms with Crippen LogP contribution in [0, 0.1) is 0 Å². The molecule has 0 radical (unpaired) electrons. The molecule has 0 aliphatic rings. The van der Waals surface area contributed by atoms with Crippen LogP contribution in [0.5, 0.6) is 0 Å². The molecule has 4 N–H and O–H groups in total. The highest BCUT2D eigenvalue weighted by Gasteiger charge is 2.50. The second-order valence-electron chi connectivity index (χ2n) is 8.82. The molecule has 0 heterocycles. The van der Waals surface area contributed by atoms with Gasteiger partial charge in [-0.1, -0.05) is 81.4 Å². The maximum atomic E-state index is 12.5. The maximum absolute atomic E-state index is 12.5. The lowest BCUT2D eigenvalue weighted by Crippen LogP contribution is -2.68. The van der Waals surface area contributed by atoms with Gasteiger partial charge >= 0.3 is 5.97 Å². The van der Waals surface area contributed by atoms with Crippen LogP contribution in [0.3, 0.4) is 0 Å². The number of rotatable bonds is 9. The van der Waals surface area contributed by atoms with Gasteiger partial charge in [0.1, 0.15) is 12.1 Å². The number of aliphatic hydroxyl groups excluding tert-OH is 1. The standard InChI is InChI=1S/C24H34N2O5Si/c1-17(27)21(25)22(28)26-20(23(29)30-5)16-31-32(24(2,3)4,18-12-8-6-9-13-18)19-14-10-7-11-15-19/h6-15,17,20-21,27H,16,25H2,1-5H3,(H,26,28)/t17-,20-,21-/m0/s1. The Kier molecular flexibility index (Phi) is 8.74. The van der Waals surface area contributed by atoms with Crippen molar-refractivity contribution in [1.82, 2.24) is 5.32 Å². The van der Waals surface area contributed by atoms with Crippen molar-refractivity contribution in [3.05, 3.63) is 60.7 Å². The van der Waals surface area contributed by atoms with Crippen LogP contribution in [0.2, 0.25) is 5.04 Å². The summed E-state index contributed by atoms with van der Waals surface area (Å²) in [5.41, 5.74) is 5.74. The van der Waals surface area contributed by atoms with Crippen molar-refractivity contribution in [3.63, 3.8) is 0 Å². The molecular formula is C24H34N2O5Si. The lowest BCUT2D eigenvalue weighted by atomic mass is 10.1. The molecule has 174 valence electrons. The largest absolute Gasteiger partial charge is 0.467 e. The molecule has 8 heteroatoms. The molecule has 32 heavy (non-hydrogen) atoms. The van der Waals surface area contributed by atoms with Gasteiger partial charge in [0.25, 0.3) is 8.32 Å². The molecule has 7 nitrogen and oxygen atoms in total. The number of nitrogens with one attached hydrogen (secondary N) is 1. The first-order chi connectivity index (χ1) is 15.0. The van der Waals surface area contributed by atoms with Crippen LogP contribution in [0.4, 0.5) is 0 Å². The second kappa shape index (κ2) is 10.9. The molecule has 0 bridgehead atoms. The molecule has 0 aliphatic carbocycles. The molecule has 0 unspecified atom stereocenters. The molecule has 0 fully saturated rings. The Labute approximate surface area is 191 Å². The molecule has 0 saturated heterocycles. The molecule has 0 aromatic heterocycles. The SMILES string of the molecule is COC(=O)[C@H](CO[Si](c1ccccc1)(c1ccccc1)C(C)(C)C)NC(=O)[C@@H](N)[C@H](C)O. The minimum atomic E-state index is -2.91. The molecule has 2 aromatic carbocycles. The van der Waals surface area contributed by atoms with Crippen molar-refractivity contribution in [3.8, 4) is 0 Å². The monoisotopic (exact) mass is 458 g/mol. The van der Waals surface area contributed by atoms with Crippen molar-refractivity contribution >= 4 is 30.6 Å². The van der Waals surface area contributed by atoms with Gasteiger partial charge < -0.3 is 25.3 Å². The molecule has 1 amide bonds. The Balaban J connectivity index is 2.48. The van der Waals surface area contributed by atoms with E-state index in [0.29, 0.717) is 0 Å². The number of benzene rings is 2. The van der Waals surface area contributed by atoms with E-state index < -0.39 is 38.4 Å².